The van der Waals surface area contributed by atoms with Crippen LogP contribution in [0.15, 0.2) is 11.5 Å². The molecular weight excluding hydrogens is 186 g/mol. The molecule has 0 saturated carbocycles. The van der Waals surface area contributed by atoms with Crippen molar-refractivity contribution in [1.82, 2.24) is 0 Å². The fourth-order valence-electron chi connectivity index (χ4n) is 1.11. The highest BCUT2D eigenvalue weighted by Gasteiger charge is 2.16. The van der Waals surface area contributed by atoms with Crippen molar-refractivity contribution in [1.29, 1.82) is 5.26 Å². The summed E-state index contributed by atoms with van der Waals surface area (Å²) < 4.78 is 10.8. The van der Waals surface area contributed by atoms with Crippen molar-refractivity contribution in [2.75, 3.05) is 13.2 Å². The molecule has 0 radical (unpaired) electrons. The molecule has 66 valence electrons. The lowest BCUT2D eigenvalue weighted by atomic mass is 10.3. The predicted octanol–water partition coefficient (Wildman–Crippen LogP) is 2.06. The zero-order valence-corrected chi connectivity index (χ0v) is 7.63. The molecule has 3 nitrogen and oxygen atoms in total. The Morgan fingerprint density at radius 3 is 3.15 bits per heavy atom. The third-order valence-electron chi connectivity index (χ3n) is 1.64. The number of allylic oxidation sites excluding steroid dienone is 1. The van der Waals surface area contributed by atoms with Crippen LogP contribution >= 0.6 is 11.3 Å². The van der Waals surface area contributed by atoms with E-state index in [2.05, 4.69) is 0 Å². The van der Waals surface area contributed by atoms with Crippen LogP contribution in [0.25, 0.3) is 6.08 Å². The van der Waals surface area contributed by atoms with Crippen LogP contribution in [0.4, 0.5) is 0 Å². The number of nitrogens with zero attached hydrogens (tertiary/aromatic N) is 1. The Hall–Kier alpha value is -1.47. The maximum Gasteiger partial charge on any atom is 0.179 e. The van der Waals surface area contributed by atoms with Crippen molar-refractivity contribution < 1.29 is 9.47 Å². The van der Waals surface area contributed by atoms with Gasteiger partial charge in [-0.05, 0) is 6.08 Å². The van der Waals surface area contributed by atoms with Gasteiger partial charge in [0.2, 0.25) is 0 Å². The van der Waals surface area contributed by atoms with Crippen LogP contribution in [-0.2, 0) is 0 Å². The molecule has 0 saturated heterocycles. The first-order valence-corrected chi connectivity index (χ1v) is 4.73. The van der Waals surface area contributed by atoms with Crippen LogP contribution in [0, 0.1) is 11.3 Å². The van der Waals surface area contributed by atoms with Gasteiger partial charge in [0.15, 0.2) is 11.5 Å². The Morgan fingerprint density at radius 1 is 1.46 bits per heavy atom. The van der Waals surface area contributed by atoms with Crippen molar-refractivity contribution in [3.8, 4) is 17.6 Å². The van der Waals surface area contributed by atoms with E-state index in [4.69, 9.17) is 14.7 Å². The molecule has 0 spiro atoms. The molecule has 1 aromatic rings. The fraction of sp³-hybridized carbons (Fsp3) is 0.222. The summed E-state index contributed by atoms with van der Waals surface area (Å²) in [6.45, 7) is 1.18. The number of hydrogen-bond donors (Lipinski definition) is 0. The molecule has 0 aromatic carbocycles. The van der Waals surface area contributed by atoms with E-state index in [-0.39, 0.29) is 0 Å². The van der Waals surface area contributed by atoms with Gasteiger partial charge in [-0.3, -0.25) is 0 Å². The highest BCUT2D eigenvalue weighted by Crippen LogP contribution is 2.39. The summed E-state index contributed by atoms with van der Waals surface area (Å²) in [5.74, 6) is 1.55. The van der Waals surface area contributed by atoms with E-state index >= 15 is 0 Å². The molecule has 4 heteroatoms. The second-order valence-corrected chi connectivity index (χ2v) is 3.36. The Morgan fingerprint density at radius 2 is 2.31 bits per heavy atom. The number of thiophene rings is 1. The molecule has 1 aliphatic heterocycles. The number of rotatable bonds is 1. The van der Waals surface area contributed by atoms with Gasteiger partial charge in [0.1, 0.15) is 13.2 Å². The summed E-state index contributed by atoms with van der Waals surface area (Å²) >= 11 is 1.52. The lowest BCUT2D eigenvalue weighted by Gasteiger charge is -2.14. The van der Waals surface area contributed by atoms with Crippen molar-refractivity contribution in [3.63, 3.8) is 0 Å². The Bertz CT molecular complexity index is 375. The molecular formula is C9H7NO2S. The van der Waals surface area contributed by atoms with E-state index in [9.17, 15) is 0 Å². The third kappa shape index (κ3) is 1.51. The highest BCUT2D eigenvalue weighted by molar-refractivity contribution is 7.11. The second kappa shape index (κ2) is 3.50. The van der Waals surface area contributed by atoms with Crippen molar-refractivity contribution in [2.45, 2.75) is 0 Å². The van der Waals surface area contributed by atoms with Crippen LogP contribution in [0.3, 0.4) is 0 Å². The molecule has 0 fully saturated rings. The van der Waals surface area contributed by atoms with Gasteiger partial charge in [-0.15, -0.1) is 11.3 Å². The smallest absolute Gasteiger partial charge is 0.179 e. The summed E-state index contributed by atoms with van der Waals surface area (Å²) in [6, 6.07) is 1.94. The molecule has 0 amide bonds. The minimum atomic E-state index is 0.580. The number of ether oxygens (including phenoxy) is 2. The van der Waals surface area contributed by atoms with Gasteiger partial charge < -0.3 is 9.47 Å². The minimum absolute atomic E-state index is 0.580. The normalized spacial score (nSPS) is 14.4. The van der Waals surface area contributed by atoms with Crippen LogP contribution in [-0.4, -0.2) is 13.2 Å². The van der Waals surface area contributed by atoms with Gasteiger partial charge in [-0.2, -0.15) is 5.26 Å². The first kappa shape index (κ1) is 8.14. The van der Waals surface area contributed by atoms with Crippen molar-refractivity contribution in [2.24, 2.45) is 0 Å². The number of hydrogen-bond acceptors (Lipinski definition) is 4. The standard InChI is InChI=1S/C9H7NO2S/c10-3-1-2-8-9-7(6-13-8)11-4-5-12-9/h1-2,6H,4-5H2. The first-order chi connectivity index (χ1) is 6.42. The lowest BCUT2D eigenvalue weighted by molar-refractivity contribution is 0.173. The van der Waals surface area contributed by atoms with E-state index in [1.54, 1.807) is 6.08 Å². The Labute approximate surface area is 79.8 Å². The molecule has 13 heavy (non-hydrogen) atoms. The molecule has 1 aromatic heterocycles. The van der Waals surface area contributed by atoms with E-state index in [1.807, 2.05) is 11.4 Å². The zero-order valence-electron chi connectivity index (χ0n) is 6.82. The summed E-state index contributed by atoms with van der Waals surface area (Å²) in [6.07, 6.45) is 3.17. The Balaban J connectivity index is 2.32. The topological polar surface area (TPSA) is 42.2 Å². The van der Waals surface area contributed by atoms with Crippen LogP contribution < -0.4 is 9.47 Å². The lowest BCUT2D eigenvalue weighted by Crippen LogP contribution is -2.14. The molecule has 0 atom stereocenters. The molecule has 0 N–H and O–H groups in total. The summed E-state index contributed by atoms with van der Waals surface area (Å²) in [7, 11) is 0. The summed E-state index contributed by atoms with van der Waals surface area (Å²) in [5.41, 5.74) is 0. The van der Waals surface area contributed by atoms with Gasteiger partial charge in [-0.1, -0.05) is 0 Å². The SMILES string of the molecule is N#CC=Cc1scc2c1OCCO2. The van der Waals surface area contributed by atoms with Gasteiger partial charge in [-0.25, -0.2) is 0 Å². The average Bonchev–Trinajstić information content (AvgIpc) is 2.58. The maximum atomic E-state index is 8.36. The van der Waals surface area contributed by atoms with E-state index in [0.29, 0.717) is 13.2 Å². The quantitative estimate of drug-likeness (QED) is 0.641. The van der Waals surface area contributed by atoms with E-state index in [0.717, 1.165) is 16.4 Å². The monoisotopic (exact) mass is 193 g/mol. The fourth-order valence-corrected chi connectivity index (χ4v) is 1.93. The van der Waals surface area contributed by atoms with E-state index in [1.165, 1.54) is 17.4 Å². The number of fused-ring (bicyclic) bond motifs is 1. The van der Waals surface area contributed by atoms with Gasteiger partial charge in [0.25, 0.3) is 0 Å². The third-order valence-corrected chi connectivity index (χ3v) is 2.54. The van der Waals surface area contributed by atoms with Crippen LogP contribution in [0.5, 0.6) is 11.5 Å². The first-order valence-electron chi connectivity index (χ1n) is 3.85. The van der Waals surface area contributed by atoms with E-state index < -0.39 is 0 Å². The van der Waals surface area contributed by atoms with Crippen LogP contribution in [0.2, 0.25) is 0 Å². The maximum absolute atomic E-state index is 8.36. The summed E-state index contributed by atoms with van der Waals surface area (Å²) in [4.78, 5) is 0.941. The molecule has 2 rings (SSSR count). The number of nitriles is 1. The molecule has 0 aliphatic carbocycles. The van der Waals surface area contributed by atoms with Crippen molar-refractivity contribution >= 4 is 17.4 Å². The minimum Gasteiger partial charge on any atom is -0.485 e. The molecule has 0 unspecified atom stereocenters. The van der Waals surface area contributed by atoms with Crippen LogP contribution in [0.1, 0.15) is 4.88 Å². The van der Waals surface area contributed by atoms with Gasteiger partial charge in [0, 0.05) is 11.5 Å². The molecule has 1 aliphatic rings. The average molecular weight is 193 g/mol. The van der Waals surface area contributed by atoms with Gasteiger partial charge >= 0.3 is 0 Å². The molecule has 2 heterocycles. The van der Waals surface area contributed by atoms with Crippen molar-refractivity contribution in [3.05, 3.63) is 16.3 Å². The second-order valence-electron chi connectivity index (χ2n) is 2.45. The highest BCUT2D eigenvalue weighted by atomic mass is 32.1. The Kier molecular flexibility index (Phi) is 2.19. The largest absolute Gasteiger partial charge is 0.485 e. The zero-order chi connectivity index (χ0) is 9.10. The van der Waals surface area contributed by atoms with Gasteiger partial charge in [0.05, 0.1) is 10.9 Å². The summed E-state index contributed by atoms with van der Waals surface area (Å²) in [5, 5.41) is 10.3. The predicted molar refractivity (Wildman–Crippen MR) is 50.0 cm³/mol. The molecule has 0 bridgehead atoms.